The third-order valence-corrected chi connectivity index (χ3v) is 3.23. The SMILES string of the molecule is O[C@H]1CC[C@@H]2OC(c3ccccc3)OC[C@H]2O1. The number of hydrogen-bond donors (Lipinski definition) is 1. The van der Waals surface area contributed by atoms with Crippen LogP contribution in [0.25, 0.3) is 0 Å². The van der Waals surface area contributed by atoms with Crippen LogP contribution in [0.3, 0.4) is 0 Å². The van der Waals surface area contributed by atoms with Gasteiger partial charge in [0.2, 0.25) is 0 Å². The zero-order valence-corrected chi connectivity index (χ0v) is 9.49. The summed E-state index contributed by atoms with van der Waals surface area (Å²) in [6.45, 7) is 0.473. The summed E-state index contributed by atoms with van der Waals surface area (Å²) >= 11 is 0. The van der Waals surface area contributed by atoms with E-state index < -0.39 is 6.29 Å². The van der Waals surface area contributed by atoms with Crippen LogP contribution in [0, 0.1) is 0 Å². The van der Waals surface area contributed by atoms with Gasteiger partial charge in [-0.3, -0.25) is 0 Å². The molecule has 2 aliphatic heterocycles. The zero-order chi connectivity index (χ0) is 11.7. The molecular formula is C13H16O4. The number of aliphatic hydroxyl groups is 1. The molecule has 0 aliphatic carbocycles. The van der Waals surface area contributed by atoms with E-state index in [1.807, 2.05) is 30.3 Å². The molecule has 0 bridgehead atoms. The van der Waals surface area contributed by atoms with Crippen molar-refractivity contribution in [3.8, 4) is 0 Å². The molecular weight excluding hydrogens is 220 g/mol. The molecule has 0 aromatic heterocycles. The second kappa shape index (κ2) is 4.74. The molecule has 2 fully saturated rings. The maximum absolute atomic E-state index is 9.40. The average molecular weight is 236 g/mol. The first kappa shape index (κ1) is 11.2. The predicted molar refractivity (Wildman–Crippen MR) is 60.1 cm³/mol. The summed E-state index contributed by atoms with van der Waals surface area (Å²) in [5.41, 5.74) is 1.03. The highest BCUT2D eigenvalue weighted by Crippen LogP contribution is 2.32. The van der Waals surface area contributed by atoms with E-state index in [-0.39, 0.29) is 18.5 Å². The van der Waals surface area contributed by atoms with Gasteiger partial charge in [0.05, 0.1) is 12.7 Å². The first-order valence-corrected chi connectivity index (χ1v) is 5.98. The minimum absolute atomic E-state index is 0.0253. The highest BCUT2D eigenvalue weighted by atomic mass is 16.7. The van der Waals surface area contributed by atoms with Gasteiger partial charge in [-0.2, -0.15) is 0 Å². The van der Waals surface area contributed by atoms with Crippen molar-refractivity contribution < 1.29 is 19.3 Å². The van der Waals surface area contributed by atoms with Gasteiger partial charge in [0, 0.05) is 12.0 Å². The van der Waals surface area contributed by atoms with Crippen LogP contribution < -0.4 is 0 Å². The number of fused-ring (bicyclic) bond motifs is 1. The second-order valence-corrected chi connectivity index (χ2v) is 4.46. The van der Waals surface area contributed by atoms with Crippen LogP contribution in [-0.4, -0.2) is 30.2 Å². The summed E-state index contributed by atoms with van der Waals surface area (Å²) < 4.78 is 16.9. The summed E-state index contributed by atoms with van der Waals surface area (Å²) in [5.74, 6) is 0. The fraction of sp³-hybridized carbons (Fsp3) is 0.538. The van der Waals surface area contributed by atoms with Gasteiger partial charge >= 0.3 is 0 Å². The van der Waals surface area contributed by atoms with Gasteiger partial charge in [-0.1, -0.05) is 30.3 Å². The Balaban J connectivity index is 1.68. The topological polar surface area (TPSA) is 47.9 Å². The Morgan fingerprint density at radius 1 is 1.00 bits per heavy atom. The van der Waals surface area contributed by atoms with E-state index in [0.29, 0.717) is 13.0 Å². The average Bonchev–Trinajstić information content (AvgIpc) is 2.39. The van der Waals surface area contributed by atoms with E-state index >= 15 is 0 Å². The summed E-state index contributed by atoms with van der Waals surface area (Å²) in [5, 5.41) is 9.40. The van der Waals surface area contributed by atoms with Crippen molar-refractivity contribution in [1.29, 1.82) is 0 Å². The molecule has 2 saturated heterocycles. The Morgan fingerprint density at radius 2 is 1.82 bits per heavy atom. The van der Waals surface area contributed by atoms with Crippen LogP contribution in [0.2, 0.25) is 0 Å². The lowest BCUT2D eigenvalue weighted by Crippen LogP contribution is -2.47. The standard InChI is InChI=1S/C13H16O4/c14-12-7-6-10-11(16-12)8-15-13(17-10)9-4-2-1-3-5-9/h1-5,10-14H,6-8H2/t10-,11+,12+,13?/m0/s1. The fourth-order valence-corrected chi connectivity index (χ4v) is 2.32. The van der Waals surface area contributed by atoms with Crippen LogP contribution in [0.1, 0.15) is 24.7 Å². The first-order valence-electron chi connectivity index (χ1n) is 5.98. The van der Waals surface area contributed by atoms with Crippen molar-refractivity contribution in [2.75, 3.05) is 6.61 Å². The summed E-state index contributed by atoms with van der Waals surface area (Å²) in [4.78, 5) is 0. The highest BCUT2D eigenvalue weighted by molar-refractivity contribution is 5.16. The van der Waals surface area contributed by atoms with Crippen LogP contribution in [-0.2, 0) is 14.2 Å². The molecule has 4 atom stereocenters. The van der Waals surface area contributed by atoms with Crippen LogP contribution in [0.5, 0.6) is 0 Å². The van der Waals surface area contributed by atoms with Crippen molar-refractivity contribution in [2.45, 2.75) is 37.6 Å². The van der Waals surface area contributed by atoms with E-state index in [9.17, 15) is 5.11 Å². The quantitative estimate of drug-likeness (QED) is 0.804. The lowest BCUT2D eigenvalue weighted by molar-refractivity contribution is -0.309. The fourth-order valence-electron chi connectivity index (χ4n) is 2.32. The minimum Gasteiger partial charge on any atom is -0.368 e. The van der Waals surface area contributed by atoms with E-state index in [1.165, 1.54) is 0 Å². The summed E-state index contributed by atoms with van der Waals surface area (Å²) in [7, 11) is 0. The molecule has 1 unspecified atom stereocenters. The van der Waals surface area contributed by atoms with Gasteiger partial charge in [-0.25, -0.2) is 0 Å². The molecule has 2 heterocycles. The number of benzene rings is 1. The summed E-state index contributed by atoms with van der Waals surface area (Å²) in [6.07, 6.45) is 0.352. The van der Waals surface area contributed by atoms with Crippen LogP contribution in [0.15, 0.2) is 30.3 Å². The molecule has 92 valence electrons. The zero-order valence-electron chi connectivity index (χ0n) is 9.49. The van der Waals surface area contributed by atoms with Gasteiger partial charge < -0.3 is 19.3 Å². The number of ether oxygens (including phenoxy) is 3. The van der Waals surface area contributed by atoms with Crippen molar-refractivity contribution in [3.05, 3.63) is 35.9 Å². The molecule has 1 aromatic rings. The summed E-state index contributed by atoms with van der Waals surface area (Å²) in [6, 6.07) is 9.88. The molecule has 2 aliphatic rings. The van der Waals surface area contributed by atoms with E-state index in [0.717, 1.165) is 12.0 Å². The number of aliphatic hydroxyl groups excluding tert-OH is 1. The van der Waals surface area contributed by atoms with E-state index in [2.05, 4.69) is 0 Å². The van der Waals surface area contributed by atoms with E-state index in [4.69, 9.17) is 14.2 Å². The van der Waals surface area contributed by atoms with Crippen molar-refractivity contribution in [2.24, 2.45) is 0 Å². The molecule has 0 spiro atoms. The molecule has 0 saturated carbocycles. The second-order valence-electron chi connectivity index (χ2n) is 4.46. The maximum atomic E-state index is 9.40. The van der Waals surface area contributed by atoms with Crippen molar-refractivity contribution in [1.82, 2.24) is 0 Å². The highest BCUT2D eigenvalue weighted by Gasteiger charge is 2.37. The number of rotatable bonds is 1. The predicted octanol–water partition coefficient (Wildman–Crippen LogP) is 1.60. The van der Waals surface area contributed by atoms with Gasteiger partial charge in [-0.15, -0.1) is 0 Å². The Hall–Kier alpha value is -0.940. The third-order valence-electron chi connectivity index (χ3n) is 3.23. The number of hydrogen-bond acceptors (Lipinski definition) is 4. The Kier molecular flexibility index (Phi) is 3.11. The molecule has 0 amide bonds. The molecule has 1 N–H and O–H groups in total. The lowest BCUT2D eigenvalue weighted by Gasteiger charge is -2.40. The molecule has 17 heavy (non-hydrogen) atoms. The monoisotopic (exact) mass is 236 g/mol. The largest absolute Gasteiger partial charge is 0.368 e. The first-order chi connectivity index (χ1) is 8.33. The van der Waals surface area contributed by atoms with Crippen LogP contribution in [0.4, 0.5) is 0 Å². The van der Waals surface area contributed by atoms with Crippen molar-refractivity contribution in [3.63, 3.8) is 0 Å². The maximum Gasteiger partial charge on any atom is 0.184 e. The lowest BCUT2D eigenvalue weighted by atomic mass is 10.0. The molecule has 3 rings (SSSR count). The smallest absolute Gasteiger partial charge is 0.184 e. The van der Waals surface area contributed by atoms with Crippen molar-refractivity contribution >= 4 is 0 Å². The molecule has 0 radical (unpaired) electrons. The van der Waals surface area contributed by atoms with Gasteiger partial charge in [0.1, 0.15) is 6.10 Å². The van der Waals surface area contributed by atoms with Crippen LogP contribution >= 0.6 is 0 Å². The Labute approximate surface area is 100 Å². The molecule has 4 nitrogen and oxygen atoms in total. The third kappa shape index (κ3) is 2.35. The normalized spacial score (nSPS) is 37.5. The Bertz CT molecular complexity index is 367. The van der Waals surface area contributed by atoms with Gasteiger partial charge in [0.15, 0.2) is 12.6 Å². The Morgan fingerprint density at radius 3 is 2.65 bits per heavy atom. The molecule has 4 heteroatoms. The van der Waals surface area contributed by atoms with Gasteiger partial charge in [0.25, 0.3) is 0 Å². The van der Waals surface area contributed by atoms with E-state index in [1.54, 1.807) is 0 Å². The minimum atomic E-state index is -0.670. The van der Waals surface area contributed by atoms with Gasteiger partial charge in [-0.05, 0) is 6.42 Å². The molecule has 1 aromatic carbocycles.